The summed E-state index contributed by atoms with van der Waals surface area (Å²) in [5.74, 6) is -0.112. The molecule has 0 atom stereocenters. The number of amides is 3. The van der Waals surface area contributed by atoms with Crippen molar-refractivity contribution in [2.45, 2.75) is 68.0 Å². The fourth-order valence-electron chi connectivity index (χ4n) is 6.67. The summed E-state index contributed by atoms with van der Waals surface area (Å²) >= 11 is 0. The number of β-amino-alcohol motifs (C(OH)–C–C–N with tert-alkyl or cyclic N) is 1. The molecule has 8 nitrogen and oxygen atoms in total. The summed E-state index contributed by atoms with van der Waals surface area (Å²) in [6.07, 6.45) is 6.12. The molecule has 1 saturated heterocycles. The van der Waals surface area contributed by atoms with Gasteiger partial charge in [-0.2, -0.15) is 0 Å². The van der Waals surface area contributed by atoms with E-state index in [0.29, 0.717) is 25.3 Å². The van der Waals surface area contributed by atoms with E-state index in [1.807, 2.05) is 11.0 Å². The lowest BCUT2D eigenvalue weighted by Crippen LogP contribution is -2.59. The lowest BCUT2D eigenvalue weighted by atomic mass is 9.67. The van der Waals surface area contributed by atoms with Crippen molar-refractivity contribution in [3.05, 3.63) is 60.2 Å². The SMILES string of the molecule is CN(C)[C@]1(c2ccccc2)CC[C@]2(CC1)CN(CCC(=O)Nc1cccc(O)c1)C(=O)N2CC1(O)CCC1. The Morgan fingerprint density at radius 3 is 2.32 bits per heavy atom. The van der Waals surface area contributed by atoms with Crippen LogP contribution in [0.4, 0.5) is 10.5 Å². The van der Waals surface area contributed by atoms with Crippen LogP contribution in [0.2, 0.25) is 0 Å². The number of anilines is 1. The Hall–Kier alpha value is -3.10. The number of nitrogens with zero attached hydrogens (tertiary/aromatic N) is 3. The lowest BCUT2D eigenvalue weighted by molar-refractivity contribution is -0.116. The number of carbonyl (C=O) groups excluding carboxylic acids is 2. The molecule has 3 fully saturated rings. The summed E-state index contributed by atoms with van der Waals surface area (Å²) in [7, 11) is 4.27. The van der Waals surface area contributed by atoms with Crippen LogP contribution in [0, 0.1) is 0 Å². The van der Waals surface area contributed by atoms with Crippen LogP contribution < -0.4 is 5.32 Å². The molecule has 2 aliphatic carbocycles. The second-order valence-electron chi connectivity index (χ2n) is 11.7. The maximum absolute atomic E-state index is 13.7. The Labute approximate surface area is 225 Å². The fraction of sp³-hybridized carbons (Fsp3) is 0.533. The van der Waals surface area contributed by atoms with Crippen LogP contribution in [0.25, 0.3) is 0 Å². The van der Waals surface area contributed by atoms with Crippen molar-refractivity contribution in [1.29, 1.82) is 0 Å². The first kappa shape index (κ1) is 26.5. The molecule has 3 amide bonds. The molecule has 38 heavy (non-hydrogen) atoms. The number of urea groups is 1. The lowest BCUT2D eigenvalue weighted by Gasteiger charge is -2.52. The molecule has 0 aromatic heterocycles. The zero-order chi connectivity index (χ0) is 27.0. The van der Waals surface area contributed by atoms with Crippen LogP contribution in [0.15, 0.2) is 54.6 Å². The van der Waals surface area contributed by atoms with Gasteiger partial charge >= 0.3 is 6.03 Å². The van der Waals surface area contributed by atoms with Gasteiger partial charge in [0.2, 0.25) is 5.91 Å². The molecule has 1 heterocycles. The quantitative estimate of drug-likeness (QED) is 0.486. The minimum absolute atomic E-state index is 0.0763. The number of rotatable bonds is 8. The number of aliphatic hydroxyl groups is 1. The summed E-state index contributed by atoms with van der Waals surface area (Å²) in [4.78, 5) is 32.5. The molecule has 5 rings (SSSR count). The van der Waals surface area contributed by atoms with Gasteiger partial charge in [0.05, 0.1) is 17.7 Å². The standard InChI is InChI=1S/C30H40N4O4/c1-32(2)30(23-8-4-3-5-9-23)17-15-28(16-18-30)21-33(27(37)34(28)22-29(38)13-7-14-29)19-12-26(36)31-24-10-6-11-25(35)20-24/h3-6,8-11,20,35,38H,7,12-19,21-22H2,1-2H3,(H,31,36)/t28-,30+. The van der Waals surface area contributed by atoms with Gasteiger partial charge in [-0.15, -0.1) is 0 Å². The summed E-state index contributed by atoms with van der Waals surface area (Å²) in [5, 5.41) is 23.5. The number of phenolic OH excluding ortho intramolecular Hbond substituents is 1. The highest BCUT2D eigenvalue weighted by atomic mass is 16.3. The number of phenols is 1. The van der Waals surface area contributed by atoms with E-state index in [-0.39, 0.29) is 35.2 Å². The fourth-order valence-corrected chi connectivity index (χ4v) is 6.67. The molecule has 8 heteroatoms. The number of benzene rings is 2. The third-order valence-electron chi connectivity index (χ3n) is 9.21. The van der Waals surface area contributed by atoms with E-state index in [1.54, 1.807) is 23.1 Å². The first-order valence-electron chi connectivity index (χ1n) is 13.8. The predicted octanol–water partition coefficient (Wildman–Crippen LogP) is 4.14. The first-order chi connectivity index (χ1) is 18.1. The molecule has 0 radical (unpaired) electrons. The van der Waals surface area contributed by atoms with Crippen LogP contribution in [0.1, 0.15) is 56.9 Å². The van der Waals surface area contributed by atoms with Crippen molar-refractivity contribution in [3.63, 3.8) is 0 Å². The summed E-state index contributed by atoms with van der Waals surface area (Å²) in [6.45, 7) is 1.25. The van der Waals surface area contributed by atoms with Gasteiger partial charge in [0.25, 0.3) is 0 Å². The highest BCUT2D eigenvalue weighted by Crippen LogP contribution is 2.50. The Kier molecular flexibility index (Phi) is 7.13. The molecule has 0 unspecified atom stereocenters. The van der Waals surface area contributed by atoms with Crippen LogP contribution in [0.3, 0.4) is 0 Å². The molecular weight excluding hydrogens is 480 g/mol. The molecule has 2 aromatic carbocycles. The molecule has 204 valence electrons. The largest absolute Gasteiger partial charge is 0.508 e. The summed E-state index contributed by atoms with van der Waals surface area (Å²) in [6, 6.07) is 17.0. The van der Waals surface area contributed by atoms with Gasteiger partial charge in [-0.3, -0.25) is 9.69 Å². The molecule has 0 bridgehead atoms. The minimum atomic E-state index is -0.805. The zero-order valence-electron chi connectivity index (χ0n) is 22.5. The van der Waals surface area contributed by atoms with Gasteiger partial charge in [-0.25, -0.2) is 4.79 Å². The smallest absolute Gasteiger partial charge is 0.320 e. The van der Waals surface area contributed by atoms with E-state index in [1.165, 1.54) is 11.6 Å². The summed E-state index contributed by atoms with van der Waals surface area (Å²) < 4.78 is 0. The van der Waals surface area contributed by atoms with E-state index in [9.17, 15) is 19.8 Å². The minimum Gasteiger partial charge on any atom is -0.508 e. The highest BCUT2D eigenvalue weighted by molar-refractivity contribution is 5.91. The van der Waals surface area contributed by atoms with Crippen molar-refractivity contribution in [1.82, 2.24) is 14.7 Å². The van der Waals surface area contributed by atoms with E-state index in [4.69, 9.17) is 0 Å². The average Bonchev–Trinajstić information content (AvgIpc) is 3.13. The third kappa shape index (κ3) is 4.99. The molecule has 1 aliphatic heterocycles. The Morgan fingerprint density at radius 2 is 1.71 bits per heavy atom. The monoisotopic (exact) mass is 520 g/mol. The molecular formula is C30H40N4O4. The van der Waals surface area contributed by atoms with Crippen molar-refractivity contribution in [2.75, 3.05) is 39.0 Å². The van der Waals surface area contributed by atoms with Crippen molar-refractivity contribution >= 4 is 17.6 Å². The van der Waals surface area contributed by atoms with Gasteiger partial charge in [0.15, 0.2) is 0 Å². The predicted molar refractivity (Wildman–Crippen MR) is 147 cm³/mol. The van der Waals surface area contributed by atoms with Crippen LogP contribution in [0.5, 0.6) is 5.75 Å². The second kappa shape index (κ2) is 10.2. The zero-order valence-corrected chi connectivity index (χ0v) is 22.5. The molecule has 3 aliphatic rings. The maximum atomic E-state index is 13.7. The number of carbonyl (C=O) groups is 2. The first-order valence-corrected chi connectivity index (χ1v) is 13.8. The van der Waals surface area contributed by atoms with Crippen molar-refractivity contribution in [2.24, 2.45) is 0 Å². The van der Waals surface area contributed by atoms with Crippen LogP contribution in [-0.4, -0.2) is 81.7 Å². The normalized spacial score (nSPS) is 26.6. The number of hydrogen-bond donors (Lipinski definition) is 3. The van der Waals surface area contributed by atoms with Gasteiger partial charge < -0.3 is 25.3 Å². The molecule has 2 saturated carbocycles. The van der Waals surface area contributed by atoms with E-state index in [2.05, 4.69) is 48.6 Å². The molecule has 1 spiro atoms. The Bertz CT molecular complexity index is 1160. The van der Waals surface area contributed by atoms with E-state index < -0.39 is 5.60 Å². The second-order valence-corrected chi connectivity index (χ2v) is 11.7. The van der Waals surface area contributed by atoms with Crippen molar-refractivity contribution < 1.29 is 19.8 Å². The number of hydrogen-bond acceptors (Lipinski definition) is 5. The van der Waals surface area contributed by atoms with E-state index >= 15 is 0 Å². The third-order valence-corrected chi connectivity index (χ3v) is 9.21. The highest BCUT2D eigenvalue weighted by Gasteiger charge is 2.56. The van der Waals surface area contributed by atoms with Gasteiger partial charge in [0, 0.05) is 36.8 Å². The molecule has 3 N–H and O–H groups in total. The average molecular weight is 521 g/mol. The summed E-state index contributed by atoms with van der Waals surface area (Å²) in [5.41, 5.74) is 0.581. The topological polar surface area (TPSA) is 96.3 Å². The van der Waals surface area contributed by atoms with Gasteiger partial charge in [0.1, 0.15) is 5.75 Å². The van der Waals surface area contributed by atoms with Crippen LogP contribution >= 0.6 is 0 Å². The number of aromatic hydroxyl groups is 1. The Balaban J connectivity index is 1.31. The van der Waals surface area contributed by atoms with Gasteiger partial charge in [-0.1, -0.05) is 36.4 Å². The Morgan fingerprint density at radius 1 is 1.00 bits per heavy atom. The van der Waals surface area contributed by atoms with Gasteiger partial charge in [-0.05, 0) is 76.7 Å². The van der Waals surface area contributed by atoms with Crippen molar-refractivity contribution in [3.8, 4) is 5.75 Å². The maximum Gasteiger partial charge on any atom is 0.320 e. The number of nitrogens with one attached hydrogen (secondary N) is 1. The van der Waals surface area contributed by atoms with Crippen LogP contribution in [-0.2, 0) is 10.3 Å². The van der Waals surface area contributed by atoms with E-state index in [0.717, 1.165) is 44.9 Å². The molecule has 2 aromatic rings.